The molecule has 0 unspecified atom stereocenters. The van der Waals surface area contributed by atoms with Crippen LogP contribution in [-0.4, -0.2) is 11.4 Å². The number of thioether (sulfide) groups is 1. The number of aliphatic hydroxyl groups is 1. The maximum absolute atomic E-state index is 8.97. The van der Waals surface area contributed by atoms with E-state index in [0.29, 0.717) is 0 Å². The van der Waals surface area contributed by atoms with Gasteiger partial charge in [-0.2, -0.15) is 0 Å². The van der Waals surface area contributed by atoms with Crippen LogP contribution in [0, 0.1) is 6.61 Å². The second kappa shape index (κ2) is 6.10. The molecule has 0 aromatic heterocycles. The van der Waals surface area contributed by atoms with Gasteiger partial charge < -0.3 is 5.11 Å². The molecule has 0 heterocycles. The molecular weight excluding hydrogens is 192 g/mol. The molecule has 0 aliphatic heterocycles. The van der Waals surface area contributed by atoms with E-state index in [1.165, 1.54) is 29.9 Å². The molecule has 0 aliphatic carbocycles. The third-order valence-electron chi connectivity index (χ3n) is 2.19. The molecule has 1 aromatic carbocycles. The topological polar surface area (TPSA) is 20.2 Å². The first-order valence-corrected chi connectivity index (χ1v) is 6.18. The molecule has 0 saturated carbocycles. The maximum Gasteiger partial charge on any atom is 0.109 e. The third-order valence-corrected chi connectivity index (χ3v) is 2.90. The molecule has 14 heavy (non-hydrogen) atoms. The van der Waals surface area contributed by atoms with Gasteiger partial charge in [-0.1, -0.05) is 19.4 Å². The van der Waals surface area contributed by atoms with Gasteiger partial charge in [-0.05, 0) is 42.4 Å². The minimum absolute atomic E-state index is 0.906. The van der Waals surface area contributed by atoms with Crippen LogP contribution in [0.25, 0.3) is 0 Å². The van der Waals surface area contributed by atoms with Crippen LogP contribution in [0.4, 0.5) is 0 Å². The molecule has 1 radical (unpaired) electrons. The van der Waals surface area contributed by atoms with Crippen molar-refractivity contribution in [3.63, 3.8) is 0 Å². The summed E-state index contributed by atoms with van der Waals surface area (Å²) in [6.45, 7) is 3.37. The summed E-state index contributed by atoms with van der Waals surface area (Å²) in [4.78, 5) is 1.22. The van der Waals surface area contributed by atoms with Crippen LogP contribution < -0.4 is 0 Å². The molecule has 1 aromatic rings. The maximum atomic E-state index is 8.97. The Balaban J connectivity index is 2.81. The Morgan fingerprint density at radius 1 is 1.36 bits per heavy atom. The summed E-state index contributed by atoms with van der Waals surface area (Å²) >= 11 is 1.71. The molecule has 0 aliphatic rings. The Bertz CT molecular complexity index is 261. The van der Waals surface area contributed by atoms with Gasteiger partial charge in [-0.15, -0.1) is 11.8 Å². The van der Waals surface area contributed by atoms with Crippen LogP contribution in [0.2, 0.25) is 0 Å². The first kappa shape index (κ1) is 11.6. The number of benzene rings is 1. The van der Waals surface area contributed by atoms with E-state index >= 15 is 0 Å². The molecule has 0 fully saturated rings. The Morgan fingerprint density at radius 2 is 2.14 bits per heavy atom. The van der Waals surface area contributed by atoms with Gasteiger partial charge >= 0.3 is 0 Å². The monoisotopic (exact) mass is 209 g/mol. The van der Waals surface area contributed by atoms with Crippen LogP contribution in [0.3, 0.4) is 0 Å². The summed E-state index contributed by atoms with van der Waals surface area (Å²) < 4.78 is 0. The highest BCUT2D eigenvalue weighted by atomic mass is 32.2. The highest BCUT2D eigenvalue weighted by Gasteiger charge is 2.00. The quantitative estimate of drug-likeness (QED) is 0.747. The van der Waals surface area contributed by atoms with E-state index in [-0.39, 0.29) is 0 Å². The van der Waals surface area contributed by atoms with Gasteiger partial charge in [0, 0.05) is 4.90 Å². The first-order valence-electron chi connectivity index (χ1n) is 4.95. The predicted octanol–water partition coefficient (Wildman–Crippen LogP) is 3.63. The second-order valence-corrected chi connectivity index (χ2v) is 4.23. The lowest BCUT2D eigenvalue weighted by Crippen LogP contribution is -1.89. The molecule has 0 amide bonds. The van der Waals surface area contributed by atoms with Gasteiger partial charge in [-0.25, -0.2) is 0 Å². The molecular formula is C12H17OS. The number of rotatable bonds is 5. The first-order chi connectivity index (χ1) is 6.80. The zero-order valence-electron chi connectivity index (χ0n) is 8.79. The molecule has 0 saturated heterocycles. The molecule has 1 nitrogen and oxygen atoms in total. The van der Waals surface area contributed by atoms with Crippen LogP contribution in [0.15, 0.2) is 23.1 Å². The van der Waals surface area contributed by atoms with Gasteiger partial charge in [0.25, 0.3) is 0 Å². The van der Waals surface area contributed by atoms with Crippen molar-refractivity contribution in [2.75, 3.05) is 6.26 Å². The summed E-state index contributed by atoms with van der Waals surface area (Å²) in [6.07, 6.45) is 5.58. The summed E-state index contributed by atoms with van der Waals surface area (Å²) in [5, 5.41) is 8.97. The molecule has 77 valence electrons. The molecule has 0 atom stereocenters. The zero-order valence-corrected chi connectivity index (χ0v) is 9.60. The van der Waals surface area contributed by atoms with Crippen molar-refractivity contribution in [1.29, 1.82) is 0 Å². The van der Waals surface area contributed by atoms with Crippen molar-refractivity contribution < 1.29 is 5.11 Å². The minimum Gasteiger partial charge on any atom is -0.385 e. The lowest BCUT2D eigenvalue weighted by Gasteiger charge is -2.05. The number of hydrogen-bond donors (Lipinski definition) is 1. The zero-order chi connectivity index (χ0) is 10.4. The Labute approximate surface area is 90.5 Å². The summed E-state index contributed by atoms with van der Waals surface area (Å²) in [6, 6.07) is 6.25. The highest BCUT2D eigenvalue weighted by molar-refractivity contribution is 7.98. The van der Waals surface area contributed by atoms with E-state index < -0.39 is 0 Å². The number of aliphatic hydroxyl groups excluding tert-OH is 1. The van der Waals surface area contributed by atoms with Crippen LogP contribution in [0.5, 0.6) is 0 Å². The van der Waals surface area contributed by atoms with Crippen molar-refractivity contribution in [2.45, 2.75) is 31.1 Å². The molecule has 0 bridgehead atoms. The van der Waals surface area contributed by atoms with Crippen molar-refractivity contribution in [1.82, 2.24) is 0 Å². The Kier molecular flexibility index (Phi) is 5.05. The van der Waals surface area contributed by atoms with Crippen molar-refractivity contribution >= 4 is 11.8 Å². The van der Waals surface area contributed by atoms with E-state index in [2.05, 4.69) is 25.3 Å². The summed E-state index contributed by atoms with van der Waals surface area (Å²) in [7, 11) is 0. The third kappa shape index (κ3) is 3.35. The lowest BCUT2D eigenvalue weighted by atomic mass is 10.1. The molecule has 2 heteroatoms. The standard InChI is InChI=1S/C12H17OS/c1-3-4-5-10-6-11(9-13)8-12(7-10)14-2/h6-9,13H,3-5H2,1-2H3. The van der Waals surface area contributed by atoms with E-state index in [4.69, 9.17) is 5.11 Å². The molecule has 0 spiro atoms. The van der Waals surface area contributed by atoms with Crippen molar-refractivity contribution in [2.24, 2.45) is 0 Å². The average molecular weight is 209 g/mol. The van der Waals surface area contributed by atoms with Crippen LogP contribution >= 0.6 is 11.8 Å². The van der Waals surface area contributed by atoms with E-state index in [9.17, 15) is 0 Å². The predicted molar refractivity (Wildman–Crippen MR) is 62.2 cm³/mol. The smallest absolute Gasteiger partial charge is 0.109 e. The lowest BCUT2D eigenvalue weighted by molar-refractivity contribution is 0.414. The van der Waals surface area contributed by atoms with Crippen LogP contribution in [-0.2, 0) is 6.42 Å². The van der Waals surface area contributed by atoms with Crippen LogP contribution in [0.1, 0.15) is 30.9 Å². The van der Waals surface area contributed by atoms with Crippen molar-refractivity contribution in [3.05, 3.63) is 35.9 Å². The van der Waals surface area contributed by atoms with Gasteiger partial charge in [0.05, 0.1) is 0 Å². The Hall–Kier alpha value is -0.470. The minimum atomic E-state index is 0.906. The van der Waals surface area contributed by atoms with E-state index in [1.807, 2.05) is 6.07 Å². The van der Waals surface area contributed by atoms with Gasteiger partial charge in [-0.3, -0.25) is 0 Å². The fraction of sp³-hybridized carbons (Fsp3) is 0.417. The highest BCUT2D eigenvalue weighted by Crippen LogP contribution is 2.20. The fourth-order valence-electron chi connectivity index (χ4n) is 1.40. The van der Waals surface area contributed by atoms with E-state index in [1.54, 1.807) is 11.8 Å². The van der Waals surface area contributed by atoms with Crippen molar-refractivity contribution in [3.8, 4) is 0 Å². The normalized spacial score (nSPS) is 10.5. The van der Waals surface area contributed by atoms with Gasteiger partial charge in [0.15, 0.2) is 0 Å². The summed E-state index contributed by atoms with van der Waals surface area (Å²) in [5.74, 6) is 0. The second-order valence-electron chi connectivity index (χ2n) is 3.35. The van der Waals surface area contributed by atoms with Gasteiger partial charge in [0.2, 0.25) is 0 Å². The average Bonchev–Trinajstić information content (AvgIpc) is 2.25. The SMILES string of the molecule is CCCCc1cc([CH]O)cc(SC)c1. The fourth-order valence-corrected chi connectivity index (χ4v) is 1.93. The molecule has 1 rings (SSSR count). The Morgan fingerprint density at radius 3 is 2.71 bits per heavy atom. The number of aryl methyl sites for hydroxylation is 1. The molecule has 1 N–H and O–H groups in total. The van der Waals surface area contributed by atoms with Gasteiger partial charge in [0.1, 0.15) is 6.61 Å². The number of unbranched alkanes of at least 4 members (excludes halogenated alkanes) is 1. The number of hydrogen-bond acceptors (Lipinski definition) is 2. The summed E-state index contributed by atoms with van der Waals surface area (Å²) in [5.41, 5.74) is 2.22. The van der Waals surface area contributed by atoms with E-state index in [0.717, 1.165) is 12.0 Å². The largest absolute Gasteiger partial charge is 0.385 e.